The average Bonchev–Trinajstić information content (AvgIpc) is 2.39. The van der Waals surface area contributed by atoms with Gasteiger partial charge in [-0.25, -0.2) is 12.7 Å². The van der Waals surface area contributed by atoms with Gasteiger partial charge in [0.1, 0.15) is 0 Å². The van der Waals surface area contributed by atoms with Gasteiger partial charge in [0.15, 0.2) is 0 Å². The van der Waals surface area contributed by atoms with Gasteiger partial charge in [0, 0.05) is 19.0 Å². The SMILES string of the molecule is NC(=O)C1CCN(S(=O)(=O)CC2CCCCC2)CC1. The van der Waals surface area contributed by atoms with E-state index in [9.17, 15) is 13.2 Å². The van der Waals surface area contributed by atoms with Crippen molar-refractivity contribution in [2.45, 2.75) is 44.9 Å². The second-order valence-electron chi connectivity index (χ2n) is 5.86. The van der Waals surface area contributed by atoms with Gasteiger partial charge in [-0.3, -0.25) is 4.79 Å². The van der Waals surface area contributed by atoms with Gasteiger partial charge < -0.3 is 5.73 Å². The highest BCUT2D eigenvalue weighted by atomic mass is 32.2. The van der Waals surface area contributed by atoms with Gasteiger partial charge >= 0.3 is 0 Å². The highest BCUT2D eigenvalue weighted by molar-refractivity contribution is 7.89. The molecule has 0 spiro atoms. The van der Waals surface area contributed by atoms with Crippen LogP contribution < -0.4 is 5.73 Å². The Hall–Kier alpha value is -0.620. The van der Waals surface area contributed by atoms with E-state index in [1.54, 1.807) is 4.31 Å². The number of hydrogen-bond donors (Lipinski definition) is 1. The summed E-state index contributed by atoms with van der Waals surface area (Å²) in [5.74, 6) is 0.159. The molecule has 19 heavy (non-hydrogen) atoms. The van der Waals surface area contributed by atoms with Crippen LogP contribution in [0.15, 0.2) is 0 Å². The number of carbonyl (C=O) groups excluding carboxylic acids is 1. The maximum absolute atomic E-state index is 12.3. The summed E-state index contributed by atoms with van der Waals surface area (Å²) in [5.41, 5.74) is 5.26. The molecule has 2 aliphatic rings. The Morgan fingerprint density at radius 3 is 2.16 bits per heavy atom. The predicted molar refractivity (Wildman–Crippen MR) is 73.9 cm³/mol. The summed E-state index contributed by atoms with van der Waals surface area (Å²) < 4.78 is 26.2. The largest absolute Gasteiger partial charge is 0.369 e. The van der Waals surface area contributed by atoms with E-state index in [1.807, 2.05) is 0 Å². The van der Waals surface area contributed by atoms with Gasteiger partial charge in [-0.05, 0) is 31.6 Å². The molecule has 1 heterocycles. The lowest BCUT2D eigenvalue weighted by atomic mass is 9.91. The van der Waals surface area contributed by atoms with Crippen LogP contribution >= 0.6 is 0 Å². The maximum atomic E-state index is 12.3. The Morgan fingerprint density at radius 1 is 1.05 bits per heavy atom. The monoisotopic (exact) mass is 288 g/mol. The van der Waals surface area contributed by atoms with Crippen molar-refractivity contribution in [1.29, 1.82) is 0 Å². The Balaban J connectivity index is 1.88. The Morgan fingerprint density at radius 2 is 1.63 bits per heavy atom. The van der Waals surface area contributed by atoms with Crippen LogP contribution in [-0.4, -0.2) is 37.5 Å². The fourth-order valence-corrected chi connectivity index (χ4v) is 5.08. The molecule has 2 fully saturated rings. The molecule has 5 nitrogen and oxygen atoms in total. The van der Waals surface area contributed by atoms with Crippen molar-refractivity contribution in [2.24, 2.45) is 17.6 Å². The quantitative estimate of drug-likeness (QED) is 0.841. The number of primary amides is 1. The van der Waals surface area contributed by atoms with Crippen LogP contribution in [0.3, 0.4) is 0 Å². The predicted octanol–water partition coefficient (Wildman–Crippen LogP) is 1.09. The second-order valence-corrected chi connectivity index (χ2v) is 7.87. The molecule has 110 valence electrons. The Labute approximate surface area is 115 Å². The second kappa shape index (κ2) is 6.22. The van der Waals surface area contributed by atoms with Crippen LogP contribution in [0.1, 0.15) is 44.9 Å². The van der Waals surface area contributed by atoms with Gasteiger partial charge in [0.25, 0.3) is 0 Å². The molecule has 2 N–H and O–H groups in total. The van der Waals surface area contributed by atoms with E-state index in [1.165, 1.54) is 6.42 Å². The van der Waals surface area contributed by atoms with Crippen LogP contribution in [0, 0.1) is 11.8 Å². The van der Waals surface area contributed by atoms with Gasteiger partial charge in [-0.1, -0.05) is 19.3 Å². The molecule has 1 saturated carbocycles. The number of sulfonamides is 1. The summed E-state index contributed by atoms with van der Waals surface area (Å²) in [4.78, 5) is 11.1. The first-order valence-corrected chi connectivity index (χ1v) is 8.87. The van der Waals surface area contributed by atoms with Crippen molar-refractivity contribution < 1.29 is 13.2 Å². The Kier molecular flexibility index (Phi) is 4.84. The lowest BCUT2D eigenvalue weighted by Gasteiger charge is -2.31. The summed E-state index contributed by atoms with van der Waals surface area (Å²) in [6.07, 6.45) is 6.76. The van der Waals surface area contributed by atoms with E-state index in [0.29, 0.717) is 31.8 Å². The fourth-order valence-electron chi connectivity index (χ4n) is 3.18. The number of nitrogens with two attached hydrogens (primary N) is 1. The van der Waals surface area contributed by atoms with Gasteiger partial charge in [-0.2, -0.15) is 0 Å². The first kappa shape index (κ1) is 14.8. The zero-order valence-corrected chi connectivity index (χ0v) is 12.2. The highest BCUT2D eigenvalue weighted by Crippen LogP contribution is 2.27. The van der Waals surface area contributed by atoms with Crippen molar-refractivity contribution in [1.82, 2.24) is 4.31 Å². The molecule has 0 unspecified atom stereocenters. The highest BCUT2D eigenvalue weighted by Gasteiger charge is 2.32. The van der Waals surface area contributed by atoms with E-state index in [-0.39, 0.29) is 17.6 Å². The van der Waals surface area contributed by atoms with Crippen LogP contribution in [0.4, 0.5) is 0 Å². The number of rotatable bonds is 4. The molecule has 0 aromatic rings. The molecule has 0 radical (unpaired) electrons. The third-order valence-electron chi connectivity index (χ3n) is 4.42. The molecule has 2 rings (SSSR count). The molecule has 0 aromatic carbocycles. The lowest BCUT2D eigenvalue weighted by Crippen LogP contribution is -2.43. The molecule has 0 bridgehead atoms. The number of amides is 1. The van der Waals surface area contributed by atoms with Gasteiger partial charge in [0.05, 0.1) is 5.75 Å². The van der Waals surface area contributed by atoms with Crippen LogP contribution in [0.25, 0.3) is 0 Å². The topological polar surface area (TPSA) is 80.5 Å². The summed E-state index contributed by atoms with van der Waals surface area (Å²) in [6.45, 7) is 0.894. The molecule has 6 heteroatoms. The average molecular weight is 288 g/mol. The molecule has 1 aliphatic heterocycles. The normalized spacial score (nSPS) is 24.4. The van der Waals surface area contributed by atoms with E-state index >= 15 is 0 Å². The van der Waals surface area contributed by atoms with Crippen LogP contribution in [-0.2, 0) is 14.8 Å². The Bertz CT molecular complexity index is 408. The number of piperidine rings is 1. The van der Waals surface area contributed by atoms with E-state index in [4.69, 9.17) is 5.73 Å². The summed E-state index contributed by atoms with van der Waals surface area (Å²) >= 11 is 0. The van der Waals surface area contributed by atoms with Crippen molar-refractivity contribution >= 4 is 15.9 Å². The molecule has 0 atom stereocenters. The van der Waals surface area contributed by atoms with Gasteiger partial charge in [-0.15, -0.1) is 0 Å². The summed E-state index contributed by atoms with van der Waals surface area (Å²) in [6, 6.07) is 0. The third-order valence-corrected chi connectivity index (χ3v) is 6.47. The van der Waals surface area contributed by atoms with Gasteiger partial charge in [0.2, 0.25) is 15.9 Å². The van der Waals surface area contributed by atoms with Crippen LogP contribution in [0.5, 0.6) is 0 Å². The zero-order valence-electron chi connectivity index (χ0n) is 11.4. The fraction of sp³-hybridized carbons (Fsp3) is 0.923. The lowest BCUT2D eigenvalue weighted by molar-refractivity contribution is -0.122. The standard InChI is InChI=1S/C13H24N2O3S/c14-13(16)12-6-8-15(9-7-12)19(17,18)10-11-4-2-1-3-5-11/h11-12H,1-10H2,(H2,14,16). The van der Waals surface area contributed by atoms with E-state index in [0.717, 1.165) is 25.7 Å². The van der Waals surface area contributed by atoms with Crippen molar-refractivity contribution in [3.63, 3.8) is 0 Å². The summed E-state index contributed by atoms with van der Waals surface area (Å²) in [5, 5.41) is 0. The van der Waals surface area contributed by atoms with Crippen molar-refractivity contribution in [3.05, 3.63) is 0 Å². The molecule has 1 saturated heterocycles. The van der Waals surface area contributed by atoms with E-state index in [2.05, 4.69) is 0 Å². The molecular weight excluding hydrogens is 264 g/mol. The summed E-state index contributed by atoms with van der Waals surface area (Å²) in [7, 11) is -3.15. The molecular formula is C13H24N2O3S. The van der Waals surface area contributed by atoms with Crippen molar-refractivity contribution in [3.8, 4) is 0 Å². The minimum absolute atomic E-state index is 0.152. The van der Waals surface area contributed by atoms with Crippen molar-refractivity contribution in [2.75, 3.05) is 18.8 Å². The maximum Gasteiger partial charge on any atom is 0.220 e. The minimum Gasteiger partial charge on any atom is -0.369 e. The molecule has 1 amide bonds. The smallest absolute Gasteiger partial charge is 0.220 e. The molecule has 0 aromatic heterocycles. The zero-order chi connectivity index (χ0) is 13.9. The first-order chi connectivity index (χ1) is 8.99. The number of carbonyl (C=O) groups is 1. The third kappa shape index (κ3) is 3.92. The minimum atomic E-state index is -3.15. The molecule has 1 aliphatic carbocycles. The van der Waals surface area contributed by atoms with Crippen LogP contribution in [0.2, 0.25) is 0 Å². The number of nitrogens with zero attached hydrogens (tertiary/aromatic N) is 1. The number of hydrogen-bond acceptors (Lipinski definition) is 3. The first-order valence-electron chi connectivity index (χ1n) is 7.26. The van der Waals surface area contributed by atoms with E-state index < -0.39 is 10.0 Å².